The summed E-state index contributed by atoms with van der Waals surface area (Å²) in [6, 6.07) is 12.9. The summed E-state index contributed by atoms with van der Waals surface area (Å²) in [6.07, 6.45) is 1.04. The van der Waals surface area contributed by atoms with Gasteiger partial charge in [0.15, 0.2) is 5.13 Å². The van der Waals surface area contributed by atoms with Gasteiger partial charge < -0.3 is 9.64 Å². The third-order valence-corrected chi connectivity index (χ3v) is 5.31. The maximum Gasteiger partial charge on any atom is 0.186 e. The number of benzene rings is 2. The molecule has 3 aromatic rings. The Morgan fingerprint density at radius 2 is 2.05 bits per heavy atom. The van der Waals surface area contributed by atoms with Gasteiger partial charge in [-0.05, 0) is 54.3 Å². The van der Waals surface area contributed by atoms with E-state index < -0.39 is 0 Å². The molecule has 1 aliphatic heterocycles. The molecule has 22 heavy (non-hydrogen) atoms. The molecule has 0 saturated heterocycles. The van der Waals surface area contributed by atoms with E-state index in [2.05, 4.69) is 42.2 Å². The fourth-order valence-corrected chi connectivity index (χ4v) is 4.06. The molecule has 112 valence electrons. The van der Waals surface area contributed by atoms with Crippen LogP contribution >= 0.6 is 11.3 Å². The summed E-state index contributed by atoms with van der Waals surface area (Å²) < 4.78 is 6.59. The fraction of sp³-hybridized carbons (Fsp3) is 0.278. The molecule has 0 radical (unpaired) electrons. The van der Waals surface area contributed by atoms with E-state index in [0.717, 1.165) is 35.9 Å². The Bertz CT molecular complexity index is 840. The SMILES string of the molecule is COc1ccc2c(c1)CCN(c1nc3ccc(C)cc3s1)C2. The molecule has 1 aliphatic rings. The van der Waals surface area contributed by atoms with Crippen LogP contribution in [0.2, 0.25) is 0 Å². The number of methoxy groups -OCH3 is 1. The minimum absolute atomic E-state index is 0.929. The van der Waals surface area contributed by atoms with E-state index >= 15 is 0 Å². The Labute approximate surface area is 134 Å². The molecule has 2 aromatic carbocycles. The first-order valence-electron chi connectivity index (χ1n) is 7.51. The number of thiazole rings is 1. The zero-order valence-electron chi connectivity index (χ0n) is 12.8. The van der Waals surface area contributed by atoms with Crippen LogP contribution in [0.5, 0.6) is 5.75 Å². The van der Waals surface area contributed by atoms with E-state index in [9.17, 15) is 0 Å². The van der Waals surface area contributed by atoms with Gasteiger partial charge in [0.1, 0.15) is 5.75 Å². The van der Waals surface area contributed by atoms with Gasteiger partial charge in [-0.25, -0.2) is 4.98 Å². The van der Waals surface area contributed by atoms with E-state index in [1.807, 2.05) is 6.07 Å². The Hall–Kier alpha value is -2.07. The van der Waals surface area contributed by atoms with Crippen molar-refractivity contribution in [1.29, 1.82) is 0 Å². The molecule has 0 atom stereocenters. The second-order valence-corrected chi connectivity index (χ2v) is 6.78. The number of ether oxygens (including phenoxy) is 1. The van der Waals surface area contributed by atoms with Gasteiger partial charge in [-0.15, -0.1) is 0 Å². The van der Waals surface area contributed by atoms with Crippen LogP contribution in [0.1, 0.15) is 16.7 Å². The van der Waals surface area contributed by atoms with Gasteiger partial charge in [-0.1, -0.05) is 23.5 Å². The average Bonchev–Trinajstić information content (AvgIpc) is 2.96. The number of hydrogen-bond donors (Lipinski definition) is 0. The van der Waals surface area contributed by atoms with E-state index in [4.69, 9.17) is 9.72 Å². The van der Waals surface area contributed by atoms with Crippen LogP contribution in [0.4, 0.5) is 5.13 Å². The highest BCUT2D eigenvalue weighted by Gasteiger charge is 2.19. The van der Waals surface area contributed by atoms with Gasteiger partial charge >= 0.3 is 0 Å². The van der Waals surface area contributed by atoms with E-state index in [-0.39, 0.29) is 0 Å². The van der Waals surface area contributed by atoms with Gasteiger partial charge in [-0.2, -0.15) is 0 Å². The minimum atomic E-state index is 0.929. The number of hydrogen-bond acceptors (Lipinski definition) is 4. The summed E-state index contributed by atoms with van der Waals surface area (Å²) in [5, 5.41) is 1.13. The Kier molecular flexibility index (Phi) is 3.26. The van der Waals surface area contributed by atoms with Crippen LogP contribution in [-0.4, -0.2) is 18.6 Å². The number of anilines is 1. The summed E-state index contributed by atoms with van der Waals surface area (Å²) in [6.45, 7) is 4.07. The zero-order valence-corrected chi connectivity index (χ0v) is 13.6. The number of aromatic nitrogens is 1. The highest BCUT2D eigenvalue weighted by molar-refractivity contribution is 7.22. The minimum Gasteiger partial charge on any atom is -0.497 e. The smallest absolute Gasteiger partial charge is 0.186 e. The topological polar surface area (TPSA) is 25.4 Å². The summed E-state index contributed by atoms with van der Waals surface area (Å²) in [4.78, 5) is 7.19. The lowest BCUT2D eigenvalue weighted by Gasteiger charge is -2.28. The highest BCUT2D eigenvalue weighted by Crippen LogP contribution is 2.33. The molecule has 0 saturated carbocycles. The molecule has 1 aromatic heterocycles. The van der Waals surface area contributed by atoms with E-state index in [1.54, 1.807) is 18.4 Å². The quantitative estimate of drug-likeness (QED) is 0.710. The molecule has 0 fully saturated rings. The lowest BCUT2D eigenvalue weighted by Crippen LogP contribution is -2.30. The summed E-state index contributed by atoms with van der Waals surface area (Å²) in [5.41, 5.74) is 5.17. The first-order valence-corrected chi connectivity index (χ1v) is 8.32. The predicted octanol–water partition coefficient (Wildman–Crippen LogP) is 4.18. The summed E-state index contributed by atoms with van der Waals surface area (Å²) in [7, 11) is 1.72. The molecule has 2 heterocycles. The van der Waals surface area contributed by atoms with Gasteiger partial charge in [0.2, 0.25) is 0 Å². The van der Waals surface area contributed by atoms with Crippen molar-refractivity contribution in [1.82, 2.24) is 4.98 Å². The number of fused-ring (bicyclic) bond motifs is 2. The third kappa shape index (κ3) is 2.33. The van der Waals surface area contributed by atoms with Gasteiger partial charge in [0.25, 0.3) is 0 Å². The molecule has 3 nitrogen and oxygen atoms in total. The van der Waals surface area contributed by atoms with Gasteiger partial charge in [0.05, 0.1) is 17.3 Å². The van der Waals surface area contributed by atoms with Crippen molar-refractivity contribution in [2.75, 3.05) is 18.6 Å². The first kappa shape index (κ1) is 13.6. The Morgan fingerprint density at radius 3 is 2.91 bits per heavy atom. The molecular formula is C18H18N2OS. The molecule has 4 heteroatoms. The van der Waals surface area contributed by atoms with Crippen LogP contribution in [-0.2, 0) is 13.0 Å². The van der Waals surface area contributed by atoms with Crippen molar-refractivity contribution in [2.45, 2.75) is 19.9 Å². The largest absolute Gasteiger partial charge is 0.497 e. The molecule has 0 bridgehead atoms. The van der Waals surface area contributed by atoms with Crippen LogP contribution in [0.3, 0.4) is 0 Å². The standard InChI is InChI=1S/C18H18N2OS/c1-12-3-6-16-17(9-12)22-18(19-16)20-8-7-13-10-15(21-2)5-4-14(13)11-20/h3-6,9-10H,7-8,11H2,1-2H3. The van der Waals surface area contributed by atoms with Crippen molar-refractivity contribution in [3.63, 3.8) is 0 Å². The van der Waals surface area contributed by atoms with Gasteiger partial charge in [-0.3, -0.25) is 0 Å². The molecule has 0 amide bonds. The molecule has 0 unspecified atom stereocenters. The third-order valence-electron chi connectivity index (χ3n) is 4.23. The molecule has 0 spiro atoms. The van der Waals surface area contributed by atoms with Crippen LogP contribution in [0.15, 0.2) is 36.4 Å². The Balaban J connectivity index is 1.65. The normalized spacial score (nSPS) is 14.2. The van der Waals surface area contributed by atoms with Crippen molar-refractivity contribution >= 4 is 26.7 Å². The lowest BCUT2D eigenvalue weighted by atomic mass is 10.00. The summed E-state index contributed by atoms with van der Waals surface area (Å²) in [5.74, 6) is 0.947. The number of rotatable bonds is 2. The van der Waals surface area contributed by atoms with Crippen molar-refractivity contribution in [3.05, 3.63) is 53.1 Å². The van der Waals surface area contributed by atoms with Gasteiger partial charge in [0, 0.05) is 13.1 Å². The second-order valence-electron chi connectivity index (χ2n) is 5.77. The monoisotopic (exact) mass is 310 g/mol. The van der Waals surface area contributed by atoms with E-state index in [1.165, 1.54) is 21.4 Å². The van der Waals surface area contributed by atoms with Crippen molar-refractivity contribution < 1.29 is 4.74 Å². The maximum atomic E-state index is 5.32. The lowest BCUT2D eigenvalue weighted by molar-refractivity contribution is 0.414. The second kappa shape index (κ2) is 5.29. The summed E-state index contributed by atoms with van der Waals surface area (Å²) >= 11 is 1.79. The molecular weight excluding hydrogens is 292 g/mol. The zero-order chi connectivity index (χ0) is 15.1. The fourth-order valence-electron chi connectivity index (χ4n) is 2.97. The number of nitrogens with zero attached hydrogens (tertiary/aromatic N) is 2. The molecule has 0 aliphatic carbocycles. The van der Waals surface area contributed by atoms with Crippen LogP contribution < -0.4 is 9.64 Å². The van der Waals surface area contributed by atoms with Crippen LogP contribution in [0, 0.1) is 6.92 Å². The van der Waals surface area contributed by atoms with E-state index in [0.29, 0.717) is 0 Å². The average molecular weight is 310 g/mol. The maximum absolute atomic E-state index is 5.32. The van der Waals surface area contributed by atoms with Crippen molar-refractivity contribution in [2.24, 2.45) is 0 Å². The first-order chi connectivity index (χ1) is 10.7. The molecule has 4 rings (SSSR count). The predicted molar refractivity (Wildman–Crippen MR) is 92.1 cm³/mol. The Morgan fingerprint density at radius 1 is 1.14 bits per heavy atom. The number of aryl methyl sites for hydroxylation is 1. The molecule has 0 N–H and O–H groups in total. The van der Waals surface area contributed by atoms with Crippen molar-refractivity contribution in [3.8, 4) is 5.75 Å². The highest BCUT2D eigenvalue weighted by atomic mass is 32.1. The van der Waals surface area contributed by atoms with Crippen LogP contribution in [0.25, 0.3) is 10.2 Å².